The number of aromatic nitrogens is 1. The number of hydrogen-bond acceptors (Lipinski definition) is 4. The lowest BCUT2D eigenvalue weighted by molar-refractivity contribution is 0.199. The zero-order chi connectivity index (χ0) is 10.2. The number of nitrogens with zero attached hydrogens (tertiary/aromatic N) is 1. The molecule has 0 aliphatic rings. The van der Waals surface area contributed by atoms with Gasteiger partial charge in [0.25, 0.3) is 0 Å². The summed E-state index contributed by atoms with van der Waals surface area (Å²) in [6.07, 6.45) is 3.56. The molecular weight excluding hydrogens is 180 g/mol. The van der Waals surface area contributed by atoms with E-state index in [1.165, 1.54) is 6.39 Å². The van der Waals surface area contributed by atoms with Gasteiger partial charge in [-0.05, 0) is 6.42 Å². The van der Waals surface area contributed by atoms with E-state index >= 15 is 0 Å². The van der Waals surface area contributed by atoms with Crippen LogP contribution in [0.4, 0.5) is 0 Å². The molecule has 4 heteroatoms. The van der Waals surface area contributed by atoms with Crippen LogP contribution in [-0.2, 0) is 17.7 Å². The van der Waals surface area contributed by atoms with Crippen LogP contribution < -0.4 is 5.32 Å². The summed E-state index contributed by atoms with van der Waals surface area (Å²) in [6.45, 7) is 4.45. The van der Waals surface area contributed by atoms with E-state index in [0.717, 1.165) is 44.0 Å². The van der Waals surface area contributed by atoms with Crippen molar-refractivity contribution in [2.24, 2.45) is 0 Å². The highest BCUT2D eigenvalue weighted by molar-refractivity contribution is 5.06. The third-order valence-corrected chi connectivity index (χ3v) is 1.98. The van der Waals surface area contributed by atoms with E-state index in [1.807, 2.05) is 0 Å². The largest absolute Gasteiger partial charge is 0.448 e. The smallest absolute Gasteiger partial charge is 0.181 e. The average molecular weight is 198 g/mol. The zero-order valence-corrected chi connectivity index (χ0v) is 8.88. The van der Waals surface area contributed by atoms with Gasteiger partial charge in [-0.15, -0.1) is 0 Å². The lowest BCUT2D eigenvalue weighted by atomic mass is 10.2. The molecule has 0 spiro atoms. The van der Waals surface area contributed by atoms with Crippen molar-refractivity contribution in [2.75, 3.05) is 20.3 Å². The monoisotopic (exact) mass is 198 g/mol. The van der Waals surface area contributed by atoms with E-state index in [9.17, 15) is 0 Å². The molecule has 0 bridgehead atoms. The molecule has 0 aliphatic heterocycles. The summed E-state index contributed by atoms with van der Waals surface area (Å²) in [5, 5.41) is 3.24. The van der Waals surface area contributed by atoms with Crippen LogP contribution in [0.5, 0.6) is 0 Å². The summed E-state index contributed by atoms with van der Waals surface area (Å²) in [5.74, 6) is 0.998. The fourth-order valence-corrected chi connectivity index (χ4v) is 1.25. The molecule has 0 fully saturated rings. The Bertz CT molecular complexity index is 248. The molecule has 0 radical (unpaired) electrons. The maximum atomic E-state index is 5.28. The number of nitrogens with one attached hydrogen (secondary N) is 1. The van der Waals surface area contributed by atoms with Crippen LogP contribution in [0.3, 0.4) is 0 Å². The summed E-state index contributed by atoms with van der Waals surface area (Å²) in [6, 6.07) is 0. The Morgan fingerprint density at radius 2 is 2.43 bits per heavy atom. The van der Waals surface area contributed by atoms with Crippen molar-refractivity contribution in [3.8, 4) is 0 Å². The lowest BCUT2D eigenvalue weighted by Crippen LogP contribution is -2.19. The van der Waals surface area contributed by atoms with Crippen molar-refractivity contribution in [3.63, 3.8) is 0 Å². The highest BCUT2D eigenvalue weighted by Gasteiger charge is 2.05. The molecule has 0 amide bonds. The van der Waals surface area contributed by atoms with E-state index in [-0.39, 0.29) is 0 Å². The number of aryl methyl sites for hydroxylation is 1. The Balaban J connectivity index is 2.30. The maximum Gasteiger partial charge on any atom is 0.181 e. The second kappa shape index (κ2) is 6.56. The number of methoxy groups -OCH3 is 1. The Morgan fingerprint density at radius 1 is 1.57 bits per heavy atom. The standard InChI is InChI=1S/C10H18N2O2/c1-3-4-10-9(12-8-14-10)7-11-5-6-13-2/h8,11H,3-7H2,1-2H3. The van der Waals surface area contributed by atoms with E-state index in [1.54, 1.807) is 7.11 Å². The molecule has 1 heterocycles. The van der Waals surface area contributed by atoms with Gasteiger partial charge in [0, 0.05) is 26.6 Å². The van der Waals surface area contributed by atoms with Crippen molar-refractivity contribution in [3.05, 3.63) is 17.8 Å². The first-order chi connectivity index (χ1) is 6.88. The van der Waals surface area contributed by atoms with Crippen LogP contribution in [0.25, 0.3) is 0 Å². The van der Waals surface area contributed by atoms with Gasteiger partial charge in [-0.25, -0.2) is 4.98 Å². The molecule has 0 saturated carbocycles. The van der Waals surface area contributed by atoms with Crippen molar-refractivity contribution in [1.29, 1.82) is 0 Å². The molecule has 1 aromatic rings. The summed E-state index contributed by atoms with van der Waals surface area (Å²) in [5.41, 5.74) is 1.02. The van der Waals surface area contributed by atoms with Gasteiger partial charge >= 0.3 is 0 Å². The van der Waals surface area contributed by atoms with Crippen molar-refractivity contribution >= 4 is 0 Å². The Kier molecular flexibility index (Phi) is 5.25. The zero-order valence-electron chi connectivity index (χ0n) is 8.88. The second-order valence-electron chi connectivity index (χ2n) is 3.14. The normalized spacial score (nSPS) is 10.7. The predicted molar refractivity (Wildman–Crippen MR) is 54.1 cm³/mol. The van der Waals surface area contributed by atoms with Crippen LogP contribution in [0.1, 0.15) is 24.8 Å². The number of ether oxygens (including phenoxy) is 1. The van der Waals surface area contributed by atoms with Crippen molar-refractivity contribution < 1.29 is 9.15 Å². The van der Waals surface area contributed by atoms with Gasteiger partial charge in [-0.2, -0.15) is 0 Å². The van der Waals surface area contributed by atoms with E-state index in [4.69, 9.17) is 9.15 Å². The van der Waals surface area contributed by atoms with Crippen LogP contribution in [0.2, 0.25) is 0 Å². The fourth-order valence-electron chi connectivity index (χ4n) is 1.25. The molecule has 1 rings (SSSR count). The van der Waals surface area contributed by atoms with Crippen LogP contribution in [-0.4, -0.2) is 25.2 Å². The van der Waals surface area contributed by atoms with Gasteiger partial charge in [0.1, 0.15) is 5.76 Å². The molecule has 0 aromatic carbocycles. The molecule has 14 heavy (non-hydrogen) atoms. The number of oxazole rings is 1. The van der Waals surface area contributed by atoms with E-state index < -0.39 is 0 Å². The lowest BCUT2D eigenvalue weighted by Gasteiger charge is -2.02. The maximum absolute atomic E-state index is 5.28. The van der Waals surface area contributed by atoms with E-state index in [2.05, 4.69) is 17.2 Å². The van der Waals surface area contributed by atoms with Gasteiger partial charge in [0.05, 0.1) is 12.3 Å². The third kappa shape index (κ3) is 3.47. The molecule has 4 nitrogen and oxygen atoms in total. The predicted octanol–water partition coefficient (Wildman–Crippen LogP) is 1.36. The molecule has 1 aromatic heterocycles. The quantitative estimate of drug-likeness (QED) is 0.672. The molecular formula is C10H18N2O2. The summed E-state index contributed by atoms with van der Waals surface area (Å²) in [7, 11) is 1.69. The second-order valence-corrected chi connectivity index (χ2v) is 3.14. The van der Waals surface area contributed by atoms with Gasteiger partial charge in [-0.3, -0.25) is 0 Å². The minimum atomic E-state index is 0.723. The Morgan fingerprint density at radius 3 is 3.14 bits per heavy atom. The molecule has 0 saturated heterocycles. The minimum Gasteiger partial charge on any atom is -0.448 e. The Hall–Kier alpha value is -0.870. The Labute approximate surface area is 84.7 Å². The first-order valence-electron chi connectivity index (χ1n) is 4.99. The number of rotatable bonds is 7. The van der Waals surface area contributed by atoms with Crippen LogP contribution >= 0.6 is 0 Å². The van der Waals surface area contributed by atoms with Gasteiger partial charge in [-0.1, -0.05) is 6.92 Å². The fraction of sp³-hybridized carbons (Fsp3) is 0.700. The number of hydrogen-bond donors (Lipinski definition) is 1. The minimum absolute atomic E-state index is 0.723. The summed E-state index contributed by atoms with van der Waals surface area (Å²) in [4.78, 5) is 4.16. The van der Waals surface area contributed by atoms with Gasteiger partial charge in [0.15, 0.2) is 6.39 Å². The highest BCUT2D eigenvalue weighted by atomic mass is 16.5. The summed E-state index contributed by atoms with van der Waals surface area (Å²) < 4.78 is 10.2. The van der Waals surface area contributed by atoms with E-state index in [0.29, 0.717) is 0 Å². The molecule has 0 aliphatic carbocycles. The van der Waals surface area contributed by atoms with Crippen LogP contribution in [0.15, 0.2) is 10.8 Å². The SMILES string of the molecule is CCCc1ocnc1CNCCOC. The topological polar surface area (TPSA) is 47.3 Å². The molecule has 1 N–H and O–H groups in total. The molecule has 0 atom stereocenters. The van der Waals surface area contributed by atoms with Crippen molar-refractivity contribution in [2.45, 2.75) is 26.3 Å². The third-order valence-electron chi connectivity index (χ3n) is 1.98. The van der Waals surface area contributed by atoms with Crippen molar-refractivity contribution in [1.82, 2.24) is 10.3 Å². The highest BCUT2D eigenvalue weighted by Crippen LogP contribution is 2.08. The van der Waals surface area contributed by atoms with Crippen LogP contribution in [0, 0.1) is 0 Å². The van der Waals surface area contributed by atoms with Gasteiger partial charge < -0.3 is 14.5 Å². The average Bonchev–Trinajstić information content (AvgIpc) is 2.61. The molecule has 0 unspecified atom stereocenters. The first kappa shape index (κ1) is 11.2. The first-order valence-corrected chi connectivity index (χ1v) is 4.99. The summed E-state index contributed by atoms with van der Waals surface area (Å²) >= 11 is 0. The van der Waals surface area contributed by atoms with Gasteiger partial charge in [0.2, 0.25) is 0 Å². The molecule has 80 valence electrons.